The summed E-state index contributed by atoms with van der Waals surface area (Å²) >= 11 is 4.73. The predicted molar refractivity (Wildman–Crippen MR) is 80.0 cm³/mol. The molecule has 0 aliphatic carbocycles. The zero-order valence-corrected chi connectivity index (χ0v) is 12.9. The van der Waals surface area contributed by atoms with Gasteiger partial charge in [-0.3, -0.25) is 10.1 Å². The number of anilines is 1. The summed E-state index contributed by atoms with van der Waals surface area (Å²) in [7, 11) is 0. The lowest BCUT2D eigenvalue weighted by molar-refractivity contribution is 0.102. The maximum Gasteiger partial charge on any atom is 0.261 e. The van der Waals surface area contributed by atoms with Crippen LogP contribution >= 0.6 is 27.3 Å². The lowest BCUT2D eigenvalue weighted by Gasteiger charge is -2.14. The van der Waals surface area contributed by atoms with Crippen molar-refractivity contribution in [2.45, 2.75) is 20.0 Å². The van der Waals surface area contributed by atoms with Gasteiger partial charge in [-0.2, -0.15) is 0 Å². The number of ether oxygens (including phenoxy) is 1. The number of nitrogens with zero attached hydrogens (tertiary/aromatic N) is 1. The second-order valence-electron chi connectivity index (χ2n) is 4.10. The molecule has 2 rings (SSSR count). The van der Waals surface area contributed by atoms with Crippen LogP contribution in [0, 0.1) is 0 Å². The first-order valence-electron chi connectivity index (χ1n) is 5.73. The molecule has 1 amide bonds. The number of carbonyl (C=O) groups excluding carboxylic acids is 1. The van der Waals surface area contributed by atoms with Crippen LogP contribution in [-0.2, 0) is 0 Å². The predicted octanol–water partition coefficient (Wildman–Crippen LogP) is 3.95. The van der Waals surface area contributed by atoms with Crippen LogP contribution in [0.3, 0.4) is 0 Å². The van der Waals surface area contributed by atoms with Crippen molar-refractivity contribution in [2.24, 2.45) is 0 Å². The summed E-state index contributed by atoms with van der Waals surface area (Å²) in [4.78, 5) is 16.3. The molecule has 0 saturated heterocycles. The molecule has 1 aromatic heterocycles. The summed E-state index contributed by atoms with van der Waals surface area (Å²) in [5.74, 6) is 0.333. The summed E-state index contributed by atoms with van der Waals surface area (Å²) in [5, 5.41) is 5.12. The van der Waals surface area contributed by atoms with Crippen molar-refractivity contribution in [3.05, 3.63) is 39.8 Å². The first kappa shape index (κ1) is 14.0. The molecule has 0 aliphatic heterocycles. The van der Waals surface area contributed by atoms with Gasteiger partial charge < -0.3 is 4.74 Å². The SMILES string of the molecule is CC(C)Oc1ccc(Br)cc1C(=O)Nc1nccs1. The zero-order chi connectivity index (χ0) is 13.8. The molecule has 4 nitrogen and oxygen atoms in total. The summed E-state index contributed by atoms with van der Waals surface area (Å²) < 4.78 is 6.47. The number of nitrogens with one attached hydrogen (secondary N) is 1. The van der Waals surface area contributed by atoms with Gasteiger partial charge in [0.05, 0.1) is 11.7 Å². The molecule has 19 heavy (non-hydrogen) atoms. The number of aromatic nitrogens is 1. The fourth-order valence-corrected chi connectivity index (χ4v) is 2.37. The molecule has 0 radical (unpaired) electrons. The molecule has 0 fully saturated rings. The number of rotatable bonds is 4. The molecule has 100 valence electrons. The van der Waals surface area contributed by atoms with Gasteiger partial charge in [-0.1, -0.05) is 15.9 Å². The van der Waals surface area contributed by atoms with Gasteiger partial charge in [0, 0.05) is 16.0 Å². The quantitative estimate of drug-likeness (QED) is 0.916. The summed E-state index contributed by atoms with van der Waals surface area (Å²) in [5.41, 5.74) is 0.485. The maximum absolute atomic E-state index is 12.2. The highest BCUT2D eigenvalue weighted by Gasteiger charge is 2.15. The molecule has 0 atom stereocenters. The van der Waals surface area contributed by atoms with E-state index in [1.165, 1.54) is 11.3 Å². The van der Waals surface area contributed by atoms with Crippen LogP contribution in [0.4, 0.5) is 5.13 Å². The van der Waals surface area contributed by atoms with Crippen molar-refractivity contribution in [2.75, 3.05) is 5.32 Å². The Morgan fingerprint density at radius 3 is 2.89 bits per heavy atom. The van der Waals surface area contributed by atoms with Crippen molar-refractivity contribution in [1.29, 1.82) is 0 Å². The van der Waals surface area contributed by atoms with E-state index in [2.05, 4.69) is 26.2 Å². The third kappa shape index (κ3) is 3.78. The summed E-state index contributed by atoms with van der Waals surface area (Å²) in [6.07, 6.45) is 1.65. The number of amides is 1. The van der Waals surface area contributed by atoms with E-state index in [9.17, 15) is 4.79 Å². The minimum atomic E-state index is -0.230. The molecule has 0 spiro atoms. The lowest BCUT2D eigenvalue weighted by atomic mass is 10.2. The number of thiazole rings is 1. The molecule has 1 heterocycles. The van der Waals surface area contributed by atoms with Crippen molar-refractivity contribution in [3.8, 4) is 5.75 Å². The van der Waals surface area contributed by atoms with Crippen LogP contribution < -0.4 is 10.1 Å². The van der Waals surface area contributed by atoms with E-state index < -0.39 is 0 Å². The van der Waals surface area contributed by atoms with E-state index in [0.29, 0.717) is 16.4 Å². The van der Waals surface area contributed by atoms with Gasteiger partial charge >= 0.3 is 0 Å². The smallest absolute Gasteiger partial charge is 0.261 e. The fourth-order valence-electron chi connectivity index (χ4n) is 1.49. The minimum absolute atomic E-state index is 0.00703. The second-order valence-corrected chi connectivity index (χ2v) is 5.91. The van der Waals surface area contributed by atoms with E-state index >= 15 is 0 Å². The Morgan fingerprint density at radius 2 is 2.26 bits per heavy atom. The molecular formula is C13H13BrN2O2S. The van der Waals surface area contributed by atoms with E-state index in [-0.39, 0.29) is 12.0 Å². The summed E-state index contributed by atoms with van der Waals surface area (Å²) in [6, 6.07) is 5.36. The van der Waals surface area contributed by atoms with Gasteiger partial charge in [0.2, 0.25) is 0 Å². The first-order chi connectivity index (χ1) is 9.06. The molecule has 1 aromatic carbocycles. The largest absolute Gasteiger partial charge is 0.490 e. The third-order valence-electron chi connectivity index (χ3n) is 2.20. The highest BCUT2D eigenvalue weighted by Crippen LogP contribution is 2.25. The molecular weight excluding hydrogens is 328 g/mol. The molecule has 0 unspecified atom stereocenters. The maximum atomic E-state index is 12.2. The van der Waals surface area contributed by atoms with Crippen LogP contribution in [0.15, 0.2) is 34.2 Å². The van der Waals surface area contributed by atoms with Crippen LogP contribution in [0.2, 0.25) is 0 Å². The average Bonchev–Trinajstić information content (AvgIpc) is 2.83. The van der Waals surface area contributed by atoms with Gasteiger partial charge in [-0.25, -0.2) is 4.98 Å². The highest BCUT2D eigenvalue weighted by atomic mass is 79.9. The average molecular weight is 341 g/mol. The topological polar surface area (TPSA) is 51.2 Å². The van der Waals surface area contributed by atoms with Gasteiger partial charge in [0.25, 0.3) is 5.91 Å². The Kier molecular flexibility index (Phi) is 4.55. The number of carbonyl (C=O) groups is 1. The normalized spacial score (nSPS) is 10.5. The summed E-state index contributed by atoms with van der Waals surface area (Å²) in [6.45, 7) is 3.84. The van der Waals surface area contributed by atoms with Crippen molar-refractivity contribution in [1.82, 2.24) is 4.98 Å². The molecule has 1 N–H and O–H groups in total. The fraction of sp³-hybridized carbons (Fsp3) is 0.231. The lowest BCUT2D eigenvalue weighted by Crippen LogP contribution is -2.15. The van der Waals surface area contributed by atoms with Crippen molar-refractivity contribution < 1.29 is 9.53 Å². The molecule has 6 heteroatoms. The highest BCUT2D eigenvalue weighted by molar-refractivity contribution is 9.10. The van der Waals surface area contributed by atoms with Crippen LogP contribution in [0.1, 0.15) is 24.2 Å². The Hall–Kier alpha value is -1.40. The van der Waals surface area contributed by atoms with E-state index in [1.807, 2.05) is 25.3 Å². The minimum Gasteiger partial charge on any atom is -0.490 e. The molecule has 0 aliphatic rings. The Morgan fingerprint density at radius 1 is 1.47 bits per heavy atom. The number of halogens is 1. The van der Waals surface area contributed by atoms with E-state index in [0.717, 1.165) is 4.47 Å². The van der Waals surface area contributed by atoms with E-state index in [1.54, 1.807) is 18.3 Å². The van der Waals surface area contributed by atoms with Gasteiger partial charge in [-0.05, 0) is 32.0 Å². The molecule has 0 saturated carbocycles. The standard InChI is InChI=1S/C13H13BrN2O2S/c1-8(2)18-11-4-3-9(14)7-10(11)12(17)16-13-15-5-6-19-13/h3-8H,1-2H3,(H,15,16,17). The molecule has 0 bridgehead atoms. The Bertz CT molecular complexity index is 570. The third-order valence-corrected chi connectivity index (χ3v) is 3.38. The second kappa shape index (κ2) is 6.16. The Labute approximate surface area is 124 Å². The van der Waals surface area contributed by atoms with Gasteiger partial charge in [-0.15, -0.1) is 11.3 Å². The van der Waals surface area contributed by atoms with Crippen LogP contribution in [0.5, 0.6) is 5.75 Å². The number of hydrogen-bond donors (Lipinski definition) is 1. The number of benzene rings is 1. The van der Waals surface area contributed by atoms with Crippen LogP contribution in [-0.4, -0.2) is 17.0 Å². The van der Waals surface area contributed by atoms with Gasteiger partial charge in [0.15, 0.2) is 5.13 Å². The van der Waals surface area contributed by atoms with Crippen molar-refractivity contribution >= 4 is 38.3 Å². The first-order valence-corrected chi connectivity index (χ1v) is 7.40. The van der Waals surface area contributed by atoms with Crippen molar-refractivity contribution in [3.63, 3.8) is 0 Å². The monoisotopic (exact) mass is 340 g/mol. The van der Waals surface area contributed by atoms with E-state index in [4.69, 9.17) is 4.74 Å². The zero-order valence-electron chi connectivity index (χ0n) is 10.5. The number of hydrogen-bond acceptors (Lipinski definition) is 4. The molecule has 2 aromatic rings. The van der Waals surface area contributed by atoms with Gasteiger partial charge in [0.1, 0.15) is 5.75 Å². The Balaban J connectivity index is 2.26. The van der Waals surface area contributed by atoms with Crippen LogP contribution in [0.25, 0.3) is 0 Å².